The second-order valence-corrected chi connectivity index (χ2v) is 3.45. The van der Waals surface area contributed by atoms with Crippen molar-refractivity contribution in [3.63, 3.8) is 0 Å². The van der Waals surface area contributed by atoms with Crippen LogP contribution in [0.15, 0.2) is 36.4 Å². The van der Waals surface area contributed by atoms with E-state index in [2.05, 4.69) is 0 Å². The number of amides is 1. The summed E-state index contributed by atoms with van der Waals surface area (Å²) in [6.07, 6.45) is 0. The molecule has 0 spiro atoms. The van der Waals surface area contributed by atoms with Crippen LogP contribution in [0.3, 0.4) is 0 Å². The Labute approximate surface area is 93.8 Å². The summed E-state index contributed by atoms with van der Waals surface area (Å²) in [6, 6.07) is 11.0. The van der Waals surface area contributed by atoms with Gasteiger partial charge in [0.1, 0.15) is 5.75 Å². The molecule has 0 aromatic heterocycles. The minimum absolute atomic E-state index is 0.390. The number of hydrogen-bond donors (Lipinski definition) is 0. The van der Waals surface area contributed by atoms with Gasteiger partial charge in [0.2, 0.25) is 0 Å². The van der Waals surface area contributed by atoms with Crippen LogP contribution in [0.25, 0.3) is 10.8 Å². The maximum atomic E-state index is 11.2. The van der Waals surface area contributed by atoms with Crippen molar-refractivity contribution in [2.45, 2.75) is 6.92 Å². The minimum Gasteiger partial charge on any atom is -0.494 e. The molecule has 0 fully saturated rings. The molecule has 3 nitrogen and oxygen atoms in total. The highest BCUT2D eigenvalue weighted by atomic mass is 16.5. The molecule has 0 atom stereocenters. The molecule has 3 heteroatoms. The van der Waals surface area contributed by atoms with Gasteiger partial charge < -0.3 is 4.74 Å². The molecule has 0 bridgehead atoms. The lowest BCUT2D eigenvalue weighted by molar-refractivity contribution is 0.0993. The van der Waals surface area contributed by atoms with E-state index in [-0.39, 0.29) is 0 Å². The van der Waals surface area contributed by atoms with E-state index < -0.39 is 5.91 Å². The molecule has 0 aliphatic heterocycles. The van der Waals surface area contributed by atoms with E-state index in [1.165, 1.54) is 0 Å². The molecule has 0 unspecified atom stereocenters. The van der Waals surface area contributed by atoms with E-state index in [1.807, 2.05) is 37.3 Å². The molecule has 0 aliphatic carbocycles. The lowest BCUT2D eigenvalue weighted by Gasteiger charge is -2.08. The number of nitrogens with one attached hydrogen (secondary N) is 1. The number of rotatable bonds is 3. The van der Waals surface area contributed by atoms with E-state index in [0.29, 0.717) is 17.9 Å². The molecule has 0 heterocycles. The molecule has 1 N–H and O–H groups in total. The number of fused-ring (bicyclic) bond motifs is 1. The second kappa shape index (κ2) is 4.23. The third kappa shape index (κ3) is 1.84. The highest BCUT2D eigenvalue weighted by Crippen LogP contribution is 2.25. The number of benzene rings is 2. The third-order valence-corrected chi connectivity index (χ3v) is 2.39. The molecule has 2 aromatic carbocycles. The Morgan fingerprint density at radius 3 is 2.75 bits per heavy atom. The van der Waals surface area contributed by atoms with Gasteiger partial charge in [-0.2, -0.15) is 0 Å². The Kier molecular flexibility index (Phi) is 2.77. The van der Waals surface area contributed by atoms with E-state index in [4.69, 9.17) is 10.5 Å². The Hall–Kier alpha value is -2.03. The first-order chi connectivity index (χ1) is 7.72. The Bertz CT molecular complexity index is 534. The molecule has 2 rings (SSSR count). The topological polar surface area (TPSA) is 50.1 Å². The van der Waals surface area contributed by atoms with Gasteiger partial charge in [0.05, 0.1) is 12.2 Å². The lowest BCUT2D eigenvalue weighted by Crippen LogP contribution is -2.01. The van der Waals surface area contributed by atoms with Crippen molar-refractivity contribution < 1.29 is 9.53 Å². The number of carbonyl (C=O) groups excluding carboxylic acids is 1. The summed E-state index contributed by atoms with van der Waals surface area (Å²) in [5.41, 5.74) is 7.63. The predicted molar refractivity (Wildman–Crippen MR) is 62.5 cm³/mol. The van der Waals surface area contributed by atoms with Crippen molar-refractivity contribution in [3.05, 3.63) is 42.0 Å². The number of ether oxygens (including phenoxy) is 1. The zero-order valence-electron chi connectivity index (χ0n) is 8.99. The van der Waals surface area contributed by atoms with Gasteiger partial charge in [-0.1, -0.05) is 24.3 Å². The lowest BCUT2D eigenvalue weighted by atomic mass is 10.0. The molecule has 0 saturated heterocycles. The van der Waals surface area contributed by atoms with E-state index >= 15 is 0 Å². The van der Waals surface area contributed by atoms with Crippen molar-refractivity contribution in [2.24, 2.45) is 0 Å². The van der Waals surface area contributed by atoms with Gasteiger partial charge in [-0.05, 0) is 29.8 Å². The maximum absolute atomic E-state index is 11.2. The van der Waals surface area contributed by atoms with Crippen LogP contribution in [0.5, 0.6) is 5.75 Å². The first-order valence-electron chi connectivity index (χ1n) is 5.14. The molecule has 0 aliphatic rings. The maximum Gasteiger partial charge on any atom is 0.270 e. The van der Waals surface area contributed by atoms with Gasteiger partial charge in [0.15, 0.2) is 0 Å². The van der Waals surface area contributed by atoms with Crippen LogP contribution in [-0.4, -0.2) is 12.5 Å². The summed E-state index contributed by atoms with van der Waals surface area (Å²) < 4.78 is 5.37. The van der Waals surface area contributed by atoms with Crippen molar-refractivity contribution in [2.75, 3.05) is 6.61 Å². The van der Waals surface area contributed by atoms with Crippen molar-refractivity contribution in [3.8, 4) is 5.75 Å². The van der Waals surface area contributed by atoms with Gasteiger partial charge in [-0.3, -0.25) is 10.5 Å². The van der Waals surface area contributed by atoms with Crippen molar-refractivity contribution in [1.29, 1.82) is 0 Å². The van der Waals surface area contributed by atoms with Crippen molar-refractivity contribution in [1.82, 2.24) is 5.73 Å². The van der Waals surface area contributed by atoms with Gasteiger partial charge in [-0.25, -0.2) is 0 Å². The number of carbonyl (C=O) groups is 1. The van der Waals surface area contributed by atoms with Gasteiger partial charge >= 0.3 is 0 Å². The zero-order chi connectivity index (χ0) is 11.5. The highest BCUT2D eigenvalue weighted by Gasteiger charge is 2.09. The largest absolute Gasteiger partial charge is 0.494 e. The third-order valence-electron chi connectivity index (χ3n) is 2.39. The van der Waals surface area contributed by atoms with Gasteiger partial charge in [-0.15, -0.1) is 0 Å². The van der Waals surface area contributed by atoms with Crippen LogP contribution in [0, 0.1) is 0 Å². The SMILES string of the molecule is CCOc1cc(C([NH])=O)c2ccccc2c1. The molecule has 81 valence electrons. The number of hydrogen-bond acceptors (Lipinski definition) is 2. The monoisotopic (exact) mass is 214 g/mol. The first kappa shape index (κ1) is 10.5. The van der Waals surface area contributed by atoms with E-state index in [0.717, 1.165) is 10.8 Å². The minimum atomic E-state index is -0.683. The molecular formula is C13H12NO2. The summed E-state index contributed by atoms with van der Waals surface area (Å²) in [4.78, 5) is 11.2. The standard InChI is InChI=1S/C13H12NO2/c1-2-16-10-7-9-5-3-4-6-11(9)12(8-10)13(14)15/h3-8,14H,2H2,1H3. The smallest absolute Gasteiger partial charge is 0.270 e. The fourth-order valence-electron chi connectivity index (χ4n) is 1.72. The normalized spacial score (nSPS) is 10.3. The van der Waals surface area contributed by atoms with Gasteiger partial charge in [0, 0.05) is 0 Å². The molecule has 1 amide bonds. The summed E-state index contributed by atoms with van der Waals surface area (Å²) in [5.74, 6) is -0.0467. The quantitative estimate of drug-likeness (QED) is 0.788. The van der Waals surface area contributed by atoms with E-state index in [1.54, 1.807) is 6.07 Å². The molecule has 1 radical (unpaired) electrons. The predicted octanol–water partition coefficient (Wildman–Crippen LogP) is 2.66. The fraction of sp³-hybridized carbons (Fsp3) is 0.154. The summed E-state index contributed by atoms with van der Waals surface area (Å²) >= 11 is 0. The van der Waals surface area contributed by atoms with Crippen LogP contribution in [0.4, 0.5) is 0 Å². The second-order valence-electron chi connectivity index (χ2n) is 3.45. The van der Waals surface area contributed by atoms with Crippen LogP contribution in [0.1, 0.15) is 17.3 Å². The summed E-state index contributed by atoms with van der Waals surface area (Å²) in [5, 5.41) is 1.72. The highest BCUT2D eigenvalue weighted by molar-refractivity contribution is 6.06. The van der Waals surface area contributed by atoms with Crippen LogP contribution >= 0.6 is 0 Å². The first-order valence-corrected chi connectivity index (χ1v) is 5.14. The average Bonchev–Trinajstić information content (AvgIpc) is 2.28. The Morgan fingerprint density at radius 2 is 2.06 bits per heavy atom. The average molecular weight is 214 g/mol. The Morgan fingerprint density at radius 1 is 1.31 bits per heavy atom. The molecule has 0 saturated carbocycles. The molecule has 16 heavy (non-hydrogen) atoms. The molecular weight excluding hydrogens is 202 g/mol. The summed E-state index contributed by atoms with van der Waals surface area (Å²) in [7, 11) is 0. The van der Waals surface area contributed by atoms with E-state index in [9.17, 15) is 4.79 Å². The van der Waals surface area contributed by atoms with Crippen LogP contribution in [0.2, 0.25) is 0 Å². The van der Waals surface area contributed by atoms with Crippen LogP contribution < -0.4 is 10.5 Å². The van der Waals surface area contributed by atoms with Crippen molar-refractivity contribution >= 4 is 16.7 Å². The van der Waals surface area contributed by atoms with Crippen LogP contribution in [-0.2, 0) is 0 Å². The fourth-order valence-corrected chi connectivity index (χ4v) is 1.72. The van der Waals surface area contributed by atoms with Gasteiger partial charge in [0.25, 0.3) is 5.91 Å². The molecule has 2 aromatic rings. The Balaban J connectivity index is 2.68. The summed E-state index contributed by atoms with van der Waals surface area (Å²) in [6.45, 7) is 2.43. The zero-order valence-corrected chi connectivity index (χ0v) is 8.99.